The molecule has 3 nitrogen and oxygen atoms in total. The van der Waals surface area contributed by atoms with Crippen LogP contribution < -0.4 is 4.74 Å². The molecular formula is C20H17FO3. The second-order valence-electron chi connectivity index (χ2n) is 5.37. The summed E-state index contributed by atoms with van der Waals surface area (Å²) < 4.78 is 18.2. The number of para-hydroxylation sites is 1. The molecule has 0 amide bonds. The van der Waals surface area contributed by atoms with Crippen molar-refractivity contribution in [3.63, 3.8) is 0 Å². The minimum Gasteiger partial charge on any atom is -0.426 e. The number of carbonyl (C=O) groups excluding carboxylic acids is 2. The van der Waals surface area contributed by atoms with Gasteiger partial charge in [0.05, 0.1) is 5.92 Å². The first-order chi connectivity index (χ1) is 11.5. The van der Waals surface area contributed by atoms with Crippen LogP contribution in [0.5, 0.6) is 5.75 Å². The molecule has 0 bridgehead atoms. The van der Waals surface area contributed by atoms with Gasteiger partial charge in [-0.2, -0.15) is 0 Å². The maximum Gasteiger partial charge on any atom is 0.308 e. The van der Waals surface area contributed by atoms with Crippen molar-refractivity contribution < 1.29 is 18.7 Å². The first kappa shape index (κ1) is 17.4. The van der Waals surface area contributed by atoms with Gasteiger partial charge in [-0.3, -0.25) is 9.59 Å². The molecule has 0 fully saturated rings. The third-order valence-electron chi connectivity index (χ3n) is 3.27. The Morgan fingerprint density at radius 2 is 1.75 bits per heavy atom. The van der Waals surface area contributed by atoms with E-state index in [1.165, 1.54) is 26.0 Å². The van der Waals surface area contributed by atoms with Crippen molar-refractivity contribution in [3.8, 4) is 17.6 Å². The van der Waals surface area contributed by atoms with Crippen LogP contribution in [0.25, 0.3) is 0 Å². The zero-order valence-electron chi connectivity index (χ0n) is 13.5. The summed E-state index contributed by atoms with van der Waals surface area (Å²) in [6.07, 6.45) is 0.201. The van der Waals surface area contributed by atoms with E-state index in [0.29, 0.717) is 16.9 Å². The predicted molar refractivity (Wildman–Crippen MR) is 89.1 cm³/mol. The SMILES string of the molecule is CC(=O)CC(C#Cc1ccc(F)cc1)c1ccccc1OC(C)=O. The van der Waals surface area contributed by atoms with Crippen LogP contribution in [0.15, 0.2) is 48.5 Å². The van der Waals surface area contributed by atoms with Gasteiger partial charge >= 0.3 is 5.97 Å². The van der Waals surface area contributed by atoms with E-state index in [1.54, 1.807) is 36.4 Å². The Labute approximate surface area is 140 Å². The molecule has 1 unspecified atom stereocenters. The normalized spacial score (nSPS) is 11.1. The number of rotatable bonds is 4. The lowest BCUT2D eigenvalue weighted by Crippen LogP contribution is -2.08. The van der Waals surface area contributed by atoms with Crippen molar-refractivity contribution >= 4 is 11.8 Å². The molecule has 0 aliphatic carbocycles. The monoisotopic (exact) mass is 324 g/mol. The van der Waals surface area contributed by atoms with Crippen LogP contribution in [0, 0.1) is 17.7 Å². The highest BCUT2D eigenvalue weighted by Gasteiger charge is 2.17. The lowest BCUT2D eigenvalue weighted by atomic mass is 9.93. The molecule has 2 aromatic rings. The van der Waals surface area contributed by atoms with Gasteiger partial charge in [0.25, 0.3) is 0 Å². The number of Topliss-reactive ketones (excluding diaryl/α,β-unsaturated/α-hetero) is 1. The van der Waals surface area contributed by atoms with Gasteiger partial charge in [0.1, 0.15) is 17.3 Å². The molecule has 0 spiro atoms. The van der Waals surface area contributed by atoms with Crippen LogP contribution >= 0.6 is 0 Å². The summed E-state index contributed by atoms with van der Waals surface area (Å²) >= 11 is 0. The number of esters is 1. The average molecular weight is 324 g/mol. The van der Waals surface area contributed by atoms with E-state index in [1.807, 2.05) is 0 Å². The third-order valence-corrected chi connectivity index (χ3v) is 3.27. The third kappa shape index (κ3) is 5.06. The van der Waals surface area contributed by atoms with Crippen molar-refractivity contribution in [3.05, 3.63) is 65.5 Å². The maximum absolute atomic E-state index is 13.0. The van der Waals surface area contributed by atoms with E-state index in [-0.39, 0.29) is 18.0 Å². The molecule has 0 saturated heterocycles. The smallest absolute Gasteiger partial charge is 0.308 e. The molecule has 0 N–H and O–H groups in total. The molecule has 0 saturated carbocycles. The van der Waals surface area contributed by atoms with Crippen LogP contribution in [0.2, 0.25) is 0 Å². The zero-order chi connectivity index (χ0) is 17.5. The Morgan fingerprint density at radius 3 is 2.38 bits per heavy atom. The molecule has 122 valence electrons. The Morgan fingerprint density at radius 1 is 1.08 bits per heavy atom. The molecule has 0 aliphatic rings. The minimum atomic E-state index is -0.435. The Bertz CT molecular complexity index is 798. The average Bonchev–Trinajstić information content (AvgIpc) is 2.53. The molecule has 1 atom stereocenters. The summed E-state index contributed by atoms with van der Waals surface area (Å²) in [5.41, 5.74) is 1.33. The second kappa shape index (κ2) is 8.07. The quantitative estimate of drug-likeness (QED) is 0.487. The first-order valence-corrected chi connectivity index (χ1v) is 7.49. The minimum absolute atomic E-state index is 0.0222. The summed E-state index contributed by atoms with van der Waals surface area (Å²) in [6.45, 7) is 2.81. The van der Waals surface area contributed by atoms with Gasteiger partial charge in [0.15, 0.2) is 0 Å². The topological polar surface area (TPSA) is 43.4 Å². The van der Waals surface area contributed by atoms with Crippen LogP contribution in [0.4, 0.5) is 4.39 Å². The van der Waals surface area contributed by atoms with Crippen molar-refractivity contribution in [2.75, 3.05) is 0 Å². The van der Waals surface area contributed by atoms with Gasteiger partial charge in [-0.05, 0) is 37.3 Å². The van der Waals surface area contributed by atoms with Gasteiger partial charge in [-0.25, -0.2) is 4.39 Å². The van der Waals surface area contributed by atoms with Crippen molar-refractivity contribution in [1.29, 1.82) is 0 Å². The zero-order valence-corrected chi connectivity index (χ0v) is 13.5. The van der Waals surface area contributed by atoms with Gasteiger partial charge in [-0.15, -0.1) is 0 Å². The van der Waals surface area contributed by atoms with E-state index in [2.05, 4.69) is 11.8 Å². The van der Waals surface area contributed by atoms with E-state index in [0.717, 1.165) is 0 Å². The fourth-order valence-corrected chi connectivity index (χ4v) is 2.25. The standard InChI is InChI=1S/C20H17FO3/c1-14(22)13-17(10-7-16-8-11-18(21)12-9-16)19-5-3-4-6-20(19)24-15(2)23/h3-6,8-9,11-12,17H,13H2,1-2H3. The van der Waals surface area contributed by atoms with Crippen LogP contribution in [0.1, 0.15) is 37.3 Å². The fourth-order valence-electron chi connectivity index (χ4n) is 2.25. The molecule has 4 heteroatoms. The molecule has 2 aromatic carbocycles. The number of halogens is 1. The van der Waals surface area contributed by atoms with Crippen LogP contribution in [0.3, 0.4) is 0 Å². The van der Waals surface area contributed by atoms with Gasteiger partial charge in [0.2, 0.25) is 0 Å². The predicted octanol–water partition coefficient (Wildman–Crippen LogP) is 3.87. The number of benzene rings is 2. The number of hydrogen-bond acceptors (Lipinski definition) is 3. The molecule has 2 rings (SSSR count). The van der Waals surface area contributed by atoms with E-state index in [4.69, 9.17) is 4.74 Å². The maximum atomic E-state index is 13.0. The Kier molecular flexibility index (Phi) is 5.86. The largest absolute Gasteiger partial charge is 0.426 e. The van der Waals surface area contributed by atoms with Gasteiger partial charge in [-0.1, -0.05) is 30.0 Å². The Hall–Kier alpha value is -2.93. The number of ketones is 1. The lowest BCUT2D eigenvalue weighted by Gasteiger charge is -2.14. The number of carbonyl (C=O) groups is 2. The summed E-state index contributed by atoms with van der Waals surface area (Å²) in [4.78, 5) is 22.9. The van der Waals surface area contributed by atoms with Gasteiger partial charge in [0, 0.05) is 24.5 Å². The number of hydrogen-bond donors (Lipinski definition) is 0. The summed E-state index contributed by atoms with van der Waals surface area (Å²) in [6, 6.07) is 12.8. The lowest BCUT2D eigenvalue weighted by molar-refractivity contribution is -0.131. The van der Waals surface area contributed by atoms with Crippen molar-refractivity contribution in [1.82, 2.24) is 0 Å². The van der Waals surface area contributed by atoms with E-state index in [9.17, 15) is 14.0 Å². The fraction of sp³-hybridized carbons (Fsp3) is 0.200. The van der Waals surface area contributed by atoms with Crippen molar-refractivity contribution in [2.45, 2.75) is 26.2 Å². The molecule has 0 aliphatic heterocycles. The van der Waals surface area contributed by atoms with Crippen LogP contribution in [-0.2, 0) is 9.59 Å². The summed E-state index contributed by atoms with van der Waals surface area (Å²) in [5.74, 6) is 5.17. The van der Waals surface area contributed by atoms with E-state index < -0.39 is 11.9 Å². The molecule has 0 heterocycles. The van der Waals surface area contributed by atoms with Gasteiger partial charge < -0.3 is 4.74 Å². The molecule has 0 aromatic heterocycles. The summed E-state index contributed by atoms with van der Waals surface area (Å²) in [7, 11) is 0. The highest BCUT2D eigenvalue weighted by molar-refractivity contribution is 5.77. The summed E-state index contributed by atoms with van der Waals surface area (Å²) in [5, 5.41) is 0. The molecule has 24 heavy (non-hydrogen) atoms. The first-order valence-electron chi connectivity index (χ1n) is 7.49. The van der Waals surface area contributed by atoms with Crippen molar-refractivity contribution in [2.24, 2.45) is 0 Å². The molecular weight excluding hydrogens is 307 g/mol. The number of ether oxygens (including phenoxy) is 1. The second-order valence-corrected chi connectivity index (χ2v) is 5.37. The highest BCUT2D eigenvalue weighted by atomic mass is 19.1. The highest BCUT2D eigenvalue weighted by Crippen LogP contribution is 2.29. The molecule has 0 radical (unpaired) electrons. The van der Waals surface area contributed by atoms with E-state index >= 15 is 0 Å². The Balaban J connectivity index is 2.38. The van der Waals surface area contributed by atoms with Crippen LogP contribution in [-0.4, -0.2) is 11.8 Å².